The van der Waals surface area contributed by atoms with Crippen LogP contribution in [0.25, 0.3) is 0 Å². The molecule has 8 nitrogen and oxygen atoms in total. The SMILES string of the molecule is CC(C)(C)n1nc(C2CC2)cc1C(=O)Nc1ccc(C(=O)N2CC(=O)Nc3ccccc32)cc1. The molecule has 0 radical (unpaired) electrons. The quantitative estimate of drug-likeness (QED) is 0.608. The number of hydrogen-bond donors (Lipinski definition) is 2. The second-order valence-corrected chi connectivity index (χ2v) is 9.80. The lowest BCUT2D eigenvalue weighted by Crippen LogP contribution is -2.42. The van der Waals surface area contributed by atoms with E-state index in [1.54, 1.807) is 41.1 Å². The van der Waals surface area contributed by atoms with E-state index < -0.39 is 0 Å². The van der Waals surface area contributed by atoms with Crippen molar-refractivity contribution in [2.24, 2.45) is 0 Å². The van der Waals surface area contributed by atoms with Gasteiger partial charge in [0, 0.05) is 17.2 Å². The normalized spacial score (nSPS) is 15.5. The third kappa shape index (κ3) is 4.19. The van der Waals surface area contributed by atoms with E-state index in [1.807, 2.05) is 39.0 Å². The molecule has 0 bridgehead atoms. The Kier molecular flexibility index (Phi) is 5.23. The number of amides is 3. The number of carbonyl (C=O) groups is 3. The maximum absolute atomic E-state index is 13.1. The molecule has 1 saturated carbocycles. The zero-order chi connectivity index (χ0) is 24.0. The molecule has 34 heavy (non-hydrogen) atoms. The summed E-state index contributed by atoms with van der Waals surface area (Å²) in [6.07, 6.45) is 2.22. The van der Waals surface area contributed by atoms with Gasteiger partial charge in [0.25, 0.3) is 11.8 Å². The van der Waals surface area contributed by atoms with E-state index in [-0.39, 0.29) is 29.8 Å². The van der Waals surface area contributed by atoms with Crippen molar-refractivity contribution in [1.29, 1.82) is 0 Å². The number of nitrogens with one attached hydrogen (secondary N) is 2. The zero-order valence-corrected chi connectivity index (χ0v) is 19.5. The Bertz CT molecular complexity index is 1280. The third-order valence-corrected chi connectivity index (χ3v) is 6.00. The Morgan fingerprint density at radius 1 is 1.06 bits per heavy atom. The fraction of sp³-hybridized carbons (Fsp3) is 0.308. The summed E-state index contributed by atoms with van der Waals surface area (Å²) in [5, 5.41) is 10.4. The van der Waals surface area contributed by atoms with Crippen LogP contribution >= 0.6 is 0 Å². The fourth-order valence-corrected chi connectivity index (χ4v) is 4.11. The summed E-state index contributed by atoms with van der Waals surface area (Å²) in [7, 11) is 0. The number of benzene rings is 2. The van der Waals surface area contributed by atoms with E-state index in [4.69, 9.17) is 5.10 Å². The average molecular weight is 458 g/mol. The topological polar surface area (TPSA) is 96.3 Å². The first kappa shape index (κ1) is 21.9. The molecule has 1 fully saturated rings. The smallest absolute Gasteiger partial charge is 0.273 e. The van der Waals surface area contributed by atoms with Crippen molar-refractivity contribution in [2.45, 2.75) is 45.1 Å². The molecule has 2 heterocycles. The van der Waals surface area contributed by atoms with Crippen molar-refractivity contribution in [3.63, 3.8) is 0 Å². The van der Waals surface area contributed by atoms with Crippen LogP contribution in [0.4, 0.5) is 17.1 Å². The Balaban J connectivity index is 1.34. The zero-order valence-electron chi connectivity index (χ0n) is 19.5. The van der Waals surface area contributed by atoms with Crippen LogP contribution in [0.2, 0.25) is 0 Å². The highest BCUT2D eigenvalue weighted by atomic mass is 16.2. The summed E-state index contributed by atoms with van der Waals surface area (Å²) in [6, 6.07) is 15.8. The molecular weight excluding hydrogens is 430 g/mol. The number of anilines is 3. The Hall–Kier alpha value is -3.94. The minimum atomic E-state index is -0.326. The minimum absolute atomic E-state index is 0.0472. The average Bonchev–Trinajstić information content (AvgIpc) is 3.55. The van der Waals surface area contributed by atoms with Gasteiger partial charge in [0.15, 0.2) is 0 Å². The number of carbonyl (C=O) groups excluding carboxylic acids is 3. The highest BCUT2D eigenvalue weighted by Gasteiger charge is 2.31. The van der Waals surface area contributed by atoms with Gasteiger partial charge in [0.1, 0.15) is 12.2 Å². The van der Waals surface area contributed by atoms with Crippen molar-refractivity contribution in [1.82, 2.24) is 9.78 Å². The fourth-order valence-electron chi connectivity index (χ4n) is 4.11. The summed E-state index contributed by atoms with van der Waals surface area (Å²) < 4.78 is 1.78. The van der Waals surface area contributed by atoms with Crippen LogP contribution < -0.4 is 15.5 Å². The number of para-hydroxylation sites is 2. The Morgan fingerprint density at radius 3 is 2.44 bits per heavy atom. The molecule has 0 unspecified atom stereocenters. The molecule has 5 rings (SSSR count). The second-order valence-electron chi connectivity index (χ2n) is 9.80. The van der Waals surface area contributed by atoms with Crippen LogP contribution in [0.1, 0.15) is 66.1 Å². The van der Waals surface area contributed by atoms with Gasteiger partial charge in [0.2, 0.25) is 5.91 Å². The van der Waals surface area contributed by atoms with Crippen LogP contribution in [-0.4, -0.2) is 34.0 Å². The van der Waals surface area contributed by atoms with Crippen LogP contribution in [-0.2, 0) is 10.3 Å². The number of nitrogens with zero attached hydrogens (tertiary/aromatic N) is 3. The van der Waals surface area contributed by atoms with Gasteiger partial charge in [-0.2, -0.15) is 5.10 Å². The Morgan fingerprint density at radius 2 is 1.76 bits per heavy atom. The molecule has 2 N–H and O–H groups in total. The highest BCUT2D eigenvalue weighted by Crippen LogP contribution is 2.40. The Labute approximate surface area is 197 Å². The lowest BCUT2D eigenvalue weighted by atomic mass is 10.1. The maximum Gasteiger partial charge on any atom is 0.273 e. The lowest BCUT2D eigenvalue weighted by Gasteiger charge is -2.29. The first-order valence-corrected chi connectivity index (χ1v) is 11.4. The molecule has 2 aromatic carbocycles. The number of fused-ring (bicyclic) bond motifs is 1. The molecule has 2 aliphatic rings. The van der Waals surface area contributed by atoms with Gasteiger partial charge >= 0.3 is 0 Å². The van der Waals surface area contributed by atoms with Crippen molar-refractivity contribution in [3.05, 3.63) is 71.5 Å². The first-order chi connectivity index (χ1) is 16.2. The third-order valence-electron chi connectivity index (χ3n) is 6.00. The molecule has 1 aliphatic heterocycles. The number of hydrogen-bond acceptors (Lipinski definition) is 4. The van der Waals surface area contributed by atoms with Gasteiger partial charge in [-0.1, -0.05) is 12.1 Å². The van der Waals surface area contributed by atoms with Gasteiger partial charge in [-0.25, -0.2) is 0 Å². The van der Waals surface area contributed by atoms with E-state index in [1.165, 1.54) is 4.90 Å². The molecule has 1 aromatic heterocycles. The van der Waals surface area contributed by atoms with Crippen molar-refractivity contribution >= 4 is 34.8 Å². The van der Waals surface area contributed by atoms with E-state index in [0.29, 0.717) is 34.2 Å². The predicted molar refractivity (Wildman–Crippen MR) is 130 cm³/mol. The van der Waals surface area contributed by atoms with Gasteiger partial charge in [-0.3, -0.25) is 24.0 Å². The monoisotopic (exact) mass is 457 g/mol. The number of aromatic nitrogens is 2. The van der Waals surface area contributed by atoms with E-state index >= 15 is 0 Å². The summed E-state index contributed by atoms with van der Waals surface area (Å²) in [5.74, 6) is -0.311. The molecule has 174 valence electrons. The van der Waals surface area contributed by atoms with Crippen molar-refractivity contribution in [3.8, 4) is 0 Å². The largest absolute Gasteiger partial charge is 0.323 e. The summed E-state index contributed by atoms with van der Waals surface area (Å²) in [6.45, 7) is 6.01. The maximum atomic E-state index is 13.1. The summed E-state index contributed by atoms with van der Waals surface area (Å²) >= 11 is 0. The molecule has 0 spiro atoms. The molecule has 3 amide bonds. The summed E-state index contributed by atoms with van der Waals surface area (Å²) in [5.41, 5.74) is 3.43. The van der Waals surface area contributed by atoms with Crippen LogP contribution in [0.3, 0.4) is 0 Å². The minimum Gasteiger partial charge on any atom is -0.323 e. The van der Waals surface area contributed by atoms with Crippen LogP contribution in [0.5, 0.6) is 0 Å². The van der Waals surface area contributed by atoms with Gasteiger partial charge in [-0.05, 0) is 76.1 Å². The molecule has 0 saturated heterocycles. The van der Waals surface area contributed by atoms with Crippen LogP contribution in [0, 0.1) is 0 Å². The van der Waals surface area contributed by atoms with E-state index in [9.17, 15) is 14.4 Å². The highest BCUT2D eigenvalue weighted by molar-refractivity contribution is 6.15. The van der Waals surface area contributed by atoms with Crippen molar-refractivity contribution < 1.29 is 14.4 Å². The second kappa shape index (κ2) is 8.13. The standard InChI is InChI=1S/C26H27N5O3/c1-26(2,3)31-22(14-20(29-31)16-8-9-16)24(33)27-18-12-10-17(11-13-18)25(34)30-15-23(32)28-19-6-4-5-7-21(19)30/h4-7,10-14,16H,8-9,15H2,1-3H3,(H,27,33)(H,28,32). The molecular formula is C26H27N5O3. The van der Waals surface area contributed by atoms with Gasteiger partial charge in [-0.15, -0.1) is 0 Å². The van der Waals surface area contributed by atoms with Crippen molar-refractivity contribution in [2.75, 3.05) is 22.1 Å². The van der Waals surface area contributed by atoms with E-state index in [0.717, 1.165) is 18.5 Å². The molecule has 1 aliphatic carbocycles. The molecule has 0 atom stereocenters. The van der Waals surface area contributed by atoms with Gasteiger partial charge < -0.3 is 10.6 Å². The molecule has 3 aromatic rings. The number of rotatable bonds is 4. The first-order valence-electron chi connectivity index (χ1n) is 11.4. The summed E-state index contributed by atoms with van der Waals surface area (Å²) in [4.78, 5) is 39.8. The predicted octanol–water partition coefficient (Wildman–Crippen LogP) is 4.37. The lowest BCUT2D eigenvalue weighted by molar-refractivity contribution is -0.115. The van der Waals surface area contributed by atoms with Crippen LogP contribution in [0.15, 0.2) is 54.6 Å². The molecule has 8 heteroatoms. The van der Waals surface area contributed by atoms with E-state index in [2.05, 4.69) is 10.6 Å². The van der Waals surface area contributed by atoms with Gasteiger partial charge in [0.05, 0.1) is 22.6 Å².